The van der Waals surface area contributed by atoms with Crippen LogP contribution >= 0.6 is 0 Å². The number of carbonyl (C=O) groups is 2. The highest BCUT2D eigenvalue weighted by Crippen LogP contribution is 2.33. The predicted octanol–water partition coefficient (Wildman–Crippen LogP) is 4.62. The van der Waals surface area contributed by atoms with E-state index in [9.17, 15) is 9.59 Å². The molecule has 1 atom stereocenters. The zero-order chi connectivity index (χ0) is 22.6. The molecule has 1 aliphatic heterocycles. The molecular weight excluding hydrogens is 420 g/mol. The Bertz CT molecular complexity index is 1300. The highest BCUT2D eigenvalue weighted by molar-refractivity contribution is 6.02. The number of aromatic nitrogens is 1. The van der Waals surface area contributed by atoms with Gasteiger partial charge in [0.15, 0.2) is 17.3 Å². The third-order valence-electron chi connectivity index (χ3n) is 5.58. The van der Waals surface area contributed by atoms with Crippen molar-refractivity contribution in [2.45, 2.75) is 19.1 Å². The molecule has 166 valence electrons. The molecule has 0 unspecified atom stereocenters. The average Bonchev–Trinajstić information content (AvgIpc) is 3.49. The van der Waals surface area contributed by atoms with E-state index in [0.717, 1.165) is 22.0 Å². The number of rotatable bonds is 7. The van der Waals surface area contributed by atoms with Crippen LogP contribution in [0.4, 0.5) is 4.79 Å². The van der Waals surface area contributed by atoms with Crippen molar-refractivity contribution in [3.63, 3.8) is 0 Å². The molecule has 2 N–H and O–H groups in total. The van der Waals surface area contributed by atoms with E-state index in [1.807, 2.05) is 60.8 Å². The number of carbonyl (C=O) groups excluding carboxylic acids is 2. The molecule has 0 fully saturated rings. The lowest BCUT2D eigenvalue weighted by Gasteiger charge is -2.18. The van der Waals surface area contributed by atoms with E-state index >= 15 is 0 Å². The number of hydrogen-bond donors (Lipinski definition) is 2. The van der Waals surface area contributed by atoms with Gasteiger partial charge in [-0.05, 0) is 35.4 Å². The van der Waals surface area contributed by atoms with Crippen LogP contribution in [0.25, 0.3) is 10.9 Å². The molecule has 0 spiro atoms. The second kappa shape index (κ2) is 9.08. The maximum absolute atomic E-state index is 13.4. The van der Waals surface area contributed by atoms with Crippen LogP contribution in [0.3, 0.4) is 0 Å². The molecule has 7 nitrogen and oxygen atoms in total. The Labute approximate surface area is 190 Å². The summed E-state index contributed by atoms with van der Waals surface area (Å²) < 4.78 is 16.1. The Morgan fingerprint density at radius 2 is 1.76 bits per heavy atom. The van der Waals surface area contributed by atoms with Gasteiger partial charge in [0.25, 0.3) is 0 Å². The van der Waals surface area contributed by atoms with Gasteiger partial charge < -0.3 is 24.5 Å². The lowest BCUT2D eigenvalue weighted by molar-refractivity contribution is 0.0916. The van der Waals surface area contributed by atoms with E-state index in [1.54, 1.807) is 18.2 Å². The minimum Gasteiger partial charge on any atom is -0.454 e. The van der Waals surface area contributed by atoms with Gasteiger partial charge >= 0.3 is 6.09 Å². The summed E-state index contributed by atoms with van der Waals surface area (Å²) in [6, 6.07) is 21.4. The third-order valence-corrected chi connectivity index (χ3v) is 5.58. The monoisotopic (exact) mass is 442 g/mol. The number of hydrogen-bond acceptors (Lipinski definition) is 5. The van der Waals surface area contributed by atoms with Crippen molar-refractivity contribution in [2.24, 2.45) is 0 Å². The van der Waals surface area contributed by atoms with Gasteiger partial charge in [0, 0.05) is 29.1 Å². The van der Waals surface area contributed by atoms with Crippen LogP contribution in [-0.2, 0) is 17.8 Å². The largest absolute Gasteiger partial charge is 0.454 e. The summed E-state index contributed by atoms with van der Waals surface area (Å²) >= 11 is 0. The Morgan fingerprint density at radius 3 is 2.64 bits per heavy atom. The molecule has 0 saturated heterocycles. The Hall–Kier alpha value is -4.26. The van der Waals surface area contributed by atoms with E-state index in [0.29, 0.717) is 23.5 Å². The highest BCUT2D eigenvalue weighted by atomic mass is 16.7. The quantitative estimate of drug-likeness (QED) is 0.408. The summed E-state index contributed by atoms with van der Waals surface area (Å²) in [5.41, 5.74) is 3.18. The predicted molar refractivity (Wildman–Crippen MR) is 122 cm³/mol. The van der Waals surface area contributed by atoms with Crippen molar-refractivity contribution < 1.29 is 23.8 Å². The fraction of sp³-hybridized carbons (Fsp3) is 0.154. The Morgan fingerprint density at radius 1 is 0.970 bits per heavy atom. The molecule has 3 aromatic carbocycles. The number of amides is 1. The topological polar surface area (TPSA) is 89.7 Å². The SMILES string of the molecule is O=C(N[C@@H](Cc1c[nH]c2ccccc12)C(=O)c1ccc2c(c1)OCO2)OCc1ccccc1. The molecule has 7 heteroatoms. The summed E-state index contributed by atoms with van der Waals surface area (Å²) in [4.78, 5) is 29.3. The van der Waals surface area contributed by atoms with Crippen LogP contribution in [-0.4, -0.2) is 29.7 Å². The van der Waals surface area contributed by atoms with Gasteiger partial charge in [0.2, 0.25) is 6.79 Å². The number of ketones is 1. The van der Waals surface area contributed by atoms with Gasteiger partial charge in [-0.15, -0.1) is 0 Å². The number of H-pyrrole nitrogens is 1. The highest BCUT2D eigenvalue weighted by Gasteiger charge is 2.26. The molecule has 1 aliphatic rings. The van der Waals surface area contributed by atoms with E-state index in [-0.39, 0.29) is 19.2 Å². The normalized spacial score (nSPS) is 13.0. The van der Waals surface area contributed by atoms with Crippen molar-refractivity contribution >= 4 is 22.8 Å². The number of alkyl carbamates (subject to hydrolysis) is 1. The Balaban J connectivity index is 1.37. The number of fused-ring (bicyclic) bond motifs is 2. The molecule has 0 aliphatic carbocycles. The minimum atomic E-state index is -0.826. The molecule has 0 bridgehead atoms. The smallest absolute Gasteiger partial charge is 0.408 e. The first-order chi connectivity index (χ1) is 16.2. The lowest BCUT2D eigenvalue weighted by Crippen LogP contribution is -2.42. The second-order valence-corrected chi connectivity index (χ2v) is 7.75. The van der Waals surface area contributed by atoms with Crippen molar-refractivity contribution in [1.29, 1.82) is 0 Å². The Kier molecular flexibility index (Phi) is 5.68. The van der Waals surface area contributed by atoms with Gasteiger partial charge in [-0.1, -0.05) is 48.5 Å². The number of Topliss-reactive ketones (excluding diaryl/α,β-unsaturated/α-hetero) is 1. The third kappa shape index (κ3) is 4.52. The van der Waals surface area contributed by atoms with Crippen LogP contribution in [0.5, 0.6) is 11.5 Å². The second-order valence-electron chi connectivity index (χ2n) is 7.75. The molecule has 1 amide bonds. The number of nitrogens with one attached hydrogen (secondary N) is 2. The molecule has 4 aromatic rings. The molecule has 1 aromatic heterocycles. The van der Waals surface area contributed by atoms with Gasteiger partial charge in [0.05, 0.1) is 6.04 Å². The molecule has 2 heterocycles. The summed E-state index contributed by atoms with van der Waals surface area (Å²) in [7, 11) is 0. The van der Waals surface area contributed by atoms with Crippen molar-refractivity contribution in [3.05, 3.63) is 95.7 Å². The van der Waals surface area contributed by atoms with Crippen LogP contribution < -0.4 is 14.8 Å². The molecular formula is C26H22N2O5. The van der Waals surface area contributed by atoms with E-state index in [2.05, 4.69) is 10.3 Å². The zero-order valence-electron chi connectivity index (χ0n) is 17.7. The summed E-state index contributed by atoms with van der Waals surface area (Å²) in [6.45, 7) is 0.237. The van der Waals surface area contributed by atoms with Crippen LogP contribution in [0.1, 0.15) is 21.5 Å². The molecule has 5 rings (SSSR count). The molecule has 33 heavy (non-hydrogen) atoms. The van der Waals surface area contributed by atoms with Crippen molar-refractivity contribution in [3.8, 4) is 11.5 Å². The van der Waals surface area contributed by atoms with Crippen LogP contribution in [0.15, 0.2) is 79.0 Å². The van der Waals surface area contributed by atoms with E-state index in [1.165, 1.54) is 0 Å². The van der Waals surface area contributed by atoms with Gasteiger partial charge in [-0.25, -0.2) is 4.79 Å². The first-order valence-corrected chi connectivity index (χ1v) is 10.6. The first-order valence-electron chi connectivity index (χ1n) is 10.6. The number of para-hydroxylation sites is 1. The van der Waals surface area contributed by atoms with E-state index < -0.39 is 12.1 Å². The number of aromatic amines is 1. The lowest BCUT2D eigenvalue weighted by atomic mass is 9.97. The first kappa shape index (κ1) is 20.6. The molecule has 0 saturated carbocycles. The zero-order valence-corrected chi connectivity index (χ0v) is 17.7. The van der Waals surface area contributed by atoms with Crippen LogP contribution in [0.2, 0.25) is 0 Å². The van der Waals surface area contributed by atoms with Crippen molar-refractivity contribution in [1.82, 2.24) is 10.3 Å². The van der Waals surface area contributed by atoms with Crippen molar-refractivity contribution in [2.75, 3.05) is 6.79 Å². The minimum absolute atomic E-state index is 0.116. The maximum Gasteiger partial charge on any atom is 0.408 e. The average molecular weight is 442 g/mol. The number of benzene rings is 3. The maximum atomic E-state index is 13.4. The summed E-state index contributed by atoms with van der Waals surface area (Å²) in [5, 5.41) is 3.76. The fourth-order valence-electron chi connectivity index (χ4n) is 3.89. The fourth-order valence-corrected chi connectivity index (χ4v) is 3.89. The van der Waals surface area contributed by atoms with E-state index in [4.69, 9.17) is 14.2 Å². The standard InChI is InChI=1S/C26H22N2O5/c29-25(18-10-11-23-24(13-18)33-16-32-23)22(12-19-14-27-21-9-5-4-8-20(19)21)28-26(30)31-15-17-6-2-1-3-7-17/h1-11,13-14,22,27H,12,15-16H2,(H,28,30)/t22-/m0/s1. The van der Waals surface area contributed by atoms with Gasteiger partial charge in [0.1, 0.15) is 6.61 Å². The van der Waals surface area contributed by atoms with Gasteiger partial charge in [-0.3, -0.25) is 4.79 Å². The summed E-state index contributed by atoms with van der Waals surface area (Å²) in [6.07, 6.45) is 1.51. The van der Waals surface area contributed by atoms with Gasteiger partial charge in [-0.2, -0.15) is 0 Å². The summed E-state index contributed by atoms with van der Waals surface area (Å²) in [5.74, 6) is 0.864. The number of ether oxygens (including phenoxy) is 3. The molecule has 0 radical (unpaired) electrons. The van der Waals surface area contributed by atoms with Crippen LogP contribution in [0, 0.1) is 0 Å².